The maximum atomic E-state index is 5.81. The fraction of sp³-hybridized carbons (Fsp3) is 0.333. The third-order valence-corrected chi connectivity index (χ3v) is 3.58. The Kier molecular flexibility index (Phi) is 7.18. The molecule has 0 spiro atoms. The first-order chi connectivity index (χ1) is 11.3. The van der Waals surface area contributed by atoms with Gasteiger partial charge in [0.05, 0.1) is 6.61 Å². The lowest BCUT2D eigenvalue weighted by Crippen LogP contribution is -2.18. The summed E-state index contributed by atoms with van der Waals surface area (Å²) in [5, 5.41) is 3.31. The number of fused-ring (bicyclic) bond motifs is 1. The first-order valence-corrected chi connectivity index (χ1v) is 7.65. The van der Waals surface area contributed by atoms with Crippen LogP contribution in [0.2, 0.25) is 0 Å². The summed E-state index contributed by atoms with van der Waals surface area (Å²) in [5.41, 5.74) is 2.27. The van der Waals surface area contributed by atoms with E-state index in [-0.39, 0.29) is 12.4 Å². The van der Waals surface area contributed by atoms with Crippen LogP contribution in [0.15, 0.2) is 42.5 Å². The molecule has 1 aliphatic rings. The average molecular weight is 352 g/mol. The third-order valence-electron chi connectivity index (χ3n) is 3.58. The van der Waals surface area contributed by atoms with Crippen molar-refractivity contribution < 1.29 is 18.9 Å². The highest BCUT2D eigenvalue weighted by Crippen LogP contribution is 2.32. The van der Waals surface area contributed by atoms with Crippen molar-refractivity contribution in [1.82, 2.24) is 5.32 Å². The van der Waals surface area contributed by atoms with Gasteiger partial charge in [-0.05, 0) is 35.4 Å². The summed E-state index contributed by atoms with van der Waals surface area (Å²) in [6.45, 7) is 3.18. The molecular formula is C18H22ClNO4. The molecular weight excluding hydrogens is 330 g/mol. The second kappa shape index (κ2) is 9.37. The molecule has 1 N–H and O–H groups in total. The Hall–Kier alpha value is -1.95. The molecule has 3 rings (SSSR count). The van der Waals surface area contributed by atoms with Crippen molar-refractivity contribution >= 4 is 12.4 Å². The molecule has 24 heavy (non-hydrogen) atoms. The average Bonchev–Trinajstić information content (AvgIpc) is 3.06. The molecule has 2 aromatic rings. The molecule has 1 aliphatic heterocycles. The van der Waals surface area contributed by atoms with Gasteiger partial charge < -0.3 is 24.3 Å². The van der Waals surface area contributed by atoms with Gasteiger partial charge in [-0.1, -0.05) is 18.2 Å². The van der Waals surface area contributed by atoms with E-state index in [0.717, 1.165) is 42.5 Å². The molecule has 0 saturated heterocycles. The third kappa shape index (κ3) is 5.03. The second-order valence-corrected chi connectivity index (χ2v) is 5.29. The number of halogens is 1. The number of benzene rings is 2. The summed E-state index contributed by atoms with van der Waals surface area (Å²) in [7, 11) is 1.70. The van der Waals surface area contributed by atoms with Gasteiger partial charge in [0.15, 0.2) is 11.5 Å². The van der Waals surface area contributed by atoms with E-state index in [0.29, 0.717) is 13.4 Å². The first kappa shape index (κ1) is 18.4. The Labute approximate surface area is 148 Å². The van der Waals surface area contributed by atoms with E-state index in [1.807, 2.05) is 30.3 Å². The maximum absolute atomic E-state index is 5.81. The van der Waals surface area contributed by atoms with Crippen LogP contribution in [0.1, 0.15) is 11.1 Å². The van der Waals surface area contributed by atoms with Gasteiger partial charge in [0.2, 0.25) is 6.79 Å². The van der Waals surface area contributed by atoms with Crippen molar-refractivity contribution in [1.29, 1.82) is 0 Å². The van der Waals surface area contributed by atoms with Crippen LogP contribution in [0.3, 0.4) is 0 Å². The molecule has 130 valence electrons. The van der Waals surface area contributed by atoms with Gasteiger partial charge >= 0.3 is 0 Å². The fourth-order valence-electron chi connectivity index (χ4n) is 2.31. The van der Waals surface area contributed by atoms with Crippen LogP contribution in [0.5, 0.6) is 17.2 Å². The monoisotopic (exact) mass is 351 g/mol. The van der Waals surface area contributed by atoms with Crippen LogP contribution in [0.4, 0.5) is 0 Å². The molecule has 2 aromatic carbocycles. The number of hydrogen-bond acceptors (Lipinski definition) is 5. The highest BCUT2D eigenvalue weighted by molar-refractivity contribution is 5.85. The molecule has 0 fully saturated rings. The Morgan fingerprint density at radius 1 is 1.00 bits per heavy atom. The van der Waals surface area contributed by atoms with E-state index in [2.05, 4.69) is 17.4 Å². The van der Waals surface area contributed by atoms with Gasteiger partial charge in [0, 0.05) is 20.2 Å². The lowest BCUT2D eigenvalue weighted by atomic mass is 10.2. The van der Waals surface area contributed by atoms with Crippen molar-refractivity contribution in [3.8, 4) is 17.2 Å². The minimum atomic E-state index is 0. The van der Waals surface area contributed by atoms with E-state index in [1.165, 1.54) is 5.56 Å². The molecule has 5 nitrogen and oxygen atoms in total. The van der Waals surface area contributed by atoms with Gasteiger partial charge in [-0.3, -0.25) is 0 Å². The molecule has 0 radical (unpaired) electrons. The molecule has 0 aromatic heterocycles. The number of rotatable bonds is 8. The number of methoxy groups -OCH3 is 1. The summed E-state index contributed by atoms with van der Waals surface area (Å²) in [6, 6.07) is 14.0. The molecule has 1 heterocycles. The van der Waals surface area contributed by atoms with E-state index >= 15 is 0 Å². The lowest BCUT2D eigenvalue weighted by molar-refractivity contribution is 0.174. The van der Waals surface area contributed by atoms with Gasteiger partial charge in [-0.25, -0.2) is 0 Å². The summed E-state index contributed by atoms with van der Waals surface area (Å²) in [6.07, 6.45) is 0. The molecule has 0 aliphatic carbocycles. The molecule has 0 saturated carbocycles. The van der Waals surface area contributed by atoms with Crippen molar-refractivity contribution in [2.75, 3.05) is 27.1 Å². The van der Waals surface area contributed by atoms with Crippen molar-refractivity contribution in [2.45, 2.75) is 13.2 Å². The lowest BCUT2D eigenvalue weighted by Gasteiger charge is -2.08. The van der Waals surface area contributed by atoms with Crippen LogP contribution in [-0.2, 0) is 17.9 Å². The molecule has 0 atom stereocenters. The SMILES string of the molecule is COCCNCc1ccc(OCc2ccc3c(c2)OCO3)cc1.Cl. The summed E-state index contributed by atoms with van der Waals surface area (Å²) in [5.74, 6) is 2.42. The van der Waals surface area contributed by atoms with Gasteiger partial charge in [-0.2, -0.15) is 0 Å². The minimum Gasteiger partial charge on any atom is -0.489 e. The predicted molar refractivity (Wildman–Crippen MR) is 94.2 cm³/mol. The Morgan fingerprint density at radius 2 is 1.75 bits per heavy atom. The number of ether oxygens (including phenoxy) is 4. The van der Waals surface area contributed by atoms with E-state index < -0.39 is 0 Å². The van der Waals surface area contributed by atoms with Crippen LogP contribution in [0, 0.1) is 0 Å². The molecule has 0 bridgehead atoms. The highest BCUT2D eigenvalue weighted by atomic mass is 35.5. The predicted octanol–water partition coefficient (Wildman–Crippen LogP) is 3.15. The number of hydrogen-bond donors (Lipinski definition) is 1. The molecule has 6 heteroatoms. The smallest absolute Gasteiger partial charge is 0.231 e. The van der Waals surface area contributed by atoms with Gasteiger partial charge in [0.1, 0.15) is 12.4 Å². The quantitative estimate of drug-likeness (QED) is 0.740. The second-order valence-electron chi connectivity index (χ2n) is 5.29. The Morgan fingerprint density at radius 3 is 2.54 bits per heavy atom. The zero-order chi connectivity index (χ0) is 15.9. The first-order valence-electron chi connectivity index (χ1n) is 7.65. The topological polar surface area (TPSA) is 49.0 Å². The van der Waals surface area contributed by atoms with Gasteiger partial charge in [0.25, 0.3) is 0 Å². The number of nitrogens with one attached hydrogen (secondary N) is 1. The Bertz CT molecular complexity index is 633. The van der Waals surface area contributed by atoms with Crippen molar-refractivity contribution in [3.05, 3.63) is 53.6 Å². The van der Waals surface area contributed by atoms with Crippen LogP contribution < -0.4 is 19.5 Å². The van der Waals surface area contributed by atoms with E-state index in [1.54, 1.807) is 7.11 Å². The highest BCUT2D eigenvalue weighted by Gasteiger charge is 2.13. The zero-order valence-electron chi connectivity index (χ0n) is 13.6. The minimum absolute atomic E-state index is 0. The van der Waals surface area contributed by atoms with Gasteiger partial charge in [-0.15, -0.1) is 12.4 Å². The van der Waals surface area contributed by atoms with E-state index in [9.17, 15) is 0 Å². The molecule has 0 amide bonds. The van der Waals surface area contributed by atoms with Crippen LogP contribution >= 0.6 is 12.4 Å². The fourth-order valence-corrected chi connectivity index (χ4v) is 2.31. The summed E-state index contributed by atoms with van der Waals surface area (Å²) >= 11 is 0. The summed E-state index contributed by atoms with van der Waals surface area (Å²) in [4.78, 5) is 0. The normalized spacial score (nSPS) is 11.9. The zero-order valence-corrected chi connectivity index (χ0v) is 14.4. The summed E-state index contributed by atoms with van der Waals surface area (Å²) < 4.78 is 21.5. The van der Waals surface area contributed by atoms with Crippen molar-refractivity contribution in [3.63, 3.8) is 0 Å². The largest absolute Gasteiger partial charge is 0.489 e. The maximum Gasteiger partial charge on any atom is 0.231 e. The molecule has 0 unspecified atom stereocenters. The Balaban J connectivity index is 0.00000208. The van der Waals surface area contributed by atoms with Crippen molar-refractivity contribution in [2.24, 2.45) is 0 Å². The van der Waals surface area contributed by atoms with E-state index in [4.69, 9.17) is 18.9 Å². The van der Waals surface area contributed by atoms with Crippen LogP contribution in [0.25, 0.3) is 0 Å². The van der Waals surface area contributed by atoms with Crippen LogP contribution in [-0.4, -0.2) is 27.1 Å². The standard InChI is InChI=1S/C18H21NO4.ClH/c1-20-9-8-19-11-14-2-5-16(6-3-14)21-12-15-4-7-17-18(10-15)23-13-22-17;/h2-7,10,19H,8-9,11-13H2,1H3;1H.